The first-order valence-corrected chi connectivity index (χ1v) is 12.5. The minimum Gasteiger partial charge on any atom is -0.497 e. The molecule has 1 unspecified atom stereocenters. The molecule has 5 rings (SSSR count). The fourth-order valence-corrected chi connectivity index (χ4v) is 5.39. The van der Waals surface area contributed by atoms with Crippen molar-refractivity contribution in [2.24, 2.45) is 4.99 Å². The van der Waals surface area contributed by atoms with E-state index in [1.807, 2.05) is 84.9 Å². The molecule has 0 spiro atoms. The Morgan fingerprint density at radius 3 is 2.41 bits per heavy atom. The summed E-state index contributed by atoms with van der Waals surface area (Å²) in [6.07, 6.45) is 1.82. The van der Waals surface area contributed by atoms with Crippen LogP contribution in [0.5, 0.6) is 11.5 Å². The average molecular weight is 512 g/mol. The van der Waals surface area contributed by atoms with Crippen molar-refractivity contribution in [2.75, 3.05) is 19.5 Å². The lowest BCUT2D eigenvalue weighted by atomic mass is 9.95. The molecule has 4 aromatic rings. The van der Waals surface area contributed by atoms with E-state index in [1.54, 1.807) is 25.7 Å². The van der Waals surface area contributed by atoms with E-state index in [9.17, 15) is 9.59 Å². The van der Waals surface area contributed by atoms with Gasteiger partial charge in [0.2, 0.25) is 0 Å². The number of carbonyl (C=O) groups excluding carboxylic acids is 1. The van der Waals surface area contributed by atoms with Crippen molar-refractivity contribution in [1.29, 1.82) is 0 Å². The molecule has 7 nitrogen and oxygen atoms in total. The monoisotopic (exact) mass is 511 g/mol. The number of anilines is 1. The van der Waals surface area contributed by atoms with Gasteiger partial charge in [-0.05, 0) is 60.5 Å². The number of hydrogen-bond acceptors (Lipinski definition) is 6. The van der Waals surface area contributed by atoms with Gasteiger partial charge < -0.3 is 14.8 Å². The molecular formula is C29H25N3O4S. The predicted octanol–water partition coefficient (Wildman–Crippen LogP) is 3.89. The minimum absolute atomic E-state index is 0.225. The summed E-state index contributed by atoms with van der Waals surface area (Å²) in [6.45, 7) is 1.80. The number of ether oxygens (including phenoxy) is 2. The van der Waals surface area contributed by atoms with E-state index in [0.717, 1.165) is 11.1 Å². The standard InChI is InChI=1S/C29H25N3O4S/c1-18-25(27(33)31-21-11-5-4-6-12-21)26(20-10-8-14-23(17-20)36-3)32-28(34)24(37-29(32)30-18)16-19-9-7-13-22(15-19)35-2/h4-17,26H,1-3H3,(H,31,33). The molecule has 2 heterocycles. The number of carbonyl (C=O) groups is 1. The van der Waals surface area contributed by atoms with Crippen LogP contribution in [-0.4, -0.2) is 24.7 Å². The van der Waals surface area contributed by atoms with Gasteiger partial charge in [-0.15, -0.1) is 0 Å². The van der Waals surface area contributed by atoms with Crippen molar-refractivity contribution in [1.82, 2.24) is 4.57 Å². The van der Waals surface area contributed by atoms with Crippen molar-refractivity contribution in [3.05, 3.63) is 121 Å². The largest absolute Gasteiger partial charge is 0.497 e. The van der Waals surface area contributed by atoms with Gasteiger partial charge in [0.15, 0.2) is 4.80 Å². The Kier molecular flexibility index (Phi) is 6.74. The molecule has 0 fully saturated rings. The molecule has 1 amide bonds. The van der Waals surface area contributed by atoms with Crippen LogP contribution < -0.4 is 29.7 Å². The summed E-state index contributed by atoms with van der Waals surface area (Å²) in [5.41, 5.74) is 2.97. The first-order chi connectivity index (χ1) is 18.0. The molecule has 0 aliphatic carbocycles. The maximum absolute atomic E-state index is 13.8. The van der Waals surface area contributed by atoms with Crippen LogP contribution in [-0.2, 0) is 4.79 Å². The maximum atomic E-state index is 13.8. The van der Waals surface area contributed by atoms with Crippen LogP contribution in [0.4, 0.5) is 5.69 Å². The van der Waals surface area contributed by atoms with Gasteiger partial charge >= 0.3 is 0 Å². The van der Waals surface area contributed by atoms with Crippen molar-refractivity contribution in [3.8, 4) is 11.5 Å². The second-order valence-corrected chi connectivity index (χ2v) is 9.46. The van der Waals surface area contributed by atoms with E-state index < -0.39 is 6.04 Å². The molecule has 0 bridgehead atoms. The Hall–Kier alpha value is -4.43. The second-order valence-electron chi connectivity index (χ2n) is 8.46. The zero-order valence-electron chi connectivity index (χ0n) is 20.6. The number of hydrogen-bond donors (Lipinski definition) is 1. The van der Waals surface area contributed by atoms with Crippen LogP contribution in [0.2, 0.25) is 0 Å². The molecule has 3 aromatic carbocycles. The summed E-state index contributed by atoms with van der Waals surface area (Å²) >= 11 is 1.29. The first-order valence-electron chi connectivity index (χ1n) is 11.7. The molecule has 1 aliphatic rings. The van der Waals surface area contributed by atoms with Gasteiger partial charge in [0.1, 0.15) is 11.5 Å². The molecule has 186 valence electrons. The molecule has 37 heavy (non-hydrogen) atoms. The molecule has 1 atom stereocenters. The molecule has 8 heteroatoms. The van der Waals surface area contributed by atoms with Gasteiger partial charge in [-0.1, -0.05) is 53.8 Å². The number of rotatable bonds is 6. The second kappa shape index (κ2) is 10.3. The Morgan fingerprint density at radius 2 is 1.68 bits per heavy atom. The van der Waals surface area contributed by atoms with Crippen molar-refractivity contribution < 1.29 is 14.3 Å². The fraction of sp³-hybridized carbons (Fsp3) is 0.138. The SMILES string of the molecule is COc1cccc(C=c2sc3n(c2=O)C(c2cccc(OC)c2)C(C(=O)Nc2ccccc2)=C(C)N=3)c1. The van der Waals surface area contributed by atoms with Crippen LogP contribution in [0.3, 0.4) is 0 Å². The topological polar surface area (TPSA) is 81.9 Å². The lowest BCUT2D eigenvalue weighted by Gasteiger charge is -2.25. The van der Waals surface area contributed by atoms with Crippen LogP contribution in [0, 0.1) is 0 Å². The number of amides is 1. The zero-order valence-corrected chi connectivity index (χ0v) is 21.4. The van der Waals surface area contributed by atoms with E-state index in [1.165, 1.54) is 11.3 Å². The van der Waals surface area contributed by atoms with Gasteiger partial charge in [-0.25, -0.2) is 4.99 Å². The van der Waals surface area contributed by atoms with Crippen molar-refractivity contribution >= 4 is 29.0 Å². The number of nitrogens with one attached hydrogen (secondary N) is 1. The molecule has 0 saturated heterocycles. The highest BCUT2D eigenvalue weighted by atomic mass is 32.1. The van der Waals surface area contributed by atoms with E-state index >= 15 is 0 Å². The molecule has 1 N–H and O–H groups in total. The number of thiazole rings is 1. The highest BCUT2D eigenvalue weighted by Gasteiger charge is 2.32. The summed E-state index contributed by atoms with van der Waals surface area (Å²) in [7, 11) is 3.19. The Balaban J connectivity index is 1.68. The third-order valence-corrected chi connectivity index (χ3v) is 7.08. The quantitative estimate of drug-likeness (QED) is 0.426. The van der Waals surface area contributed by atoms with Gasteiger partial charge in [-0.3, -0.25) is 14.2 Å². The maximum Gasteiger partial charge on any atom is 0.271 e. The van der Waals surface area contributed by atoms with Gasteiger partial charge in [0.05, 0.1) is 36.1 Å². The van der Waals surface area contributed by atoms with Gasteiger partial charge in [0.25, 0.3) is 11.5 Å². The Morgan fingerprint density at radius 1 is 0.973 bits per heavy atom. The summed E-state index contributed by atoms with van der Waals surface area (Å²) in [6, 6.07) is 23.4. The smallest absolute Gasteiger partial charge is 0.271 e. The summed E-state index contributed by atoms with van der Waals surface area (Å²) in [4.78, 5) is 32.6. The number of nitrogens with zero attached hydrogens (tertiary/aromatic N) is 2. The normalized spacial score (nSPS) is 15.1. The highest BCUT2D eigenvalue weighted by Crippen LogP contribution is 2.32. The fourth-order valence-electron chi connectivity index (χ4n) is 4.34. The average Bonchev–Trinajstić information content (AvgIpc) is 3.22. The van der Waals surface area contributed by atoms with Crippen LogP contribution >= 0.6 is 11.3 Å². The van der Waals surface area contributed by atoms with E-state index in [2.05, 4.69) is 10.3 Å². The third-order valence-electron chi connectivity index (χ3n) is 6.10. The van der Waals surface area contributed by atoms with Gasteiger partial charge in [-0.2, -0.15) is 0 Å². The zero-order chi connectivity index (χ0) is 25.9. The number of fused-ring (bicyclic) bond motifs is 1. The Bertz CT molecular complexity index is 1690. The number of methoxy groups -OCH3 is 2. The van der Waals surface area contributed by atoms with Crippen LogP contribution in [0.1, 0.15) is 24.1 Å². The molecule has 1 aromatic heterocycles. The molecular weight excluding hydrogens is 486 g/mol. The Labute approximate surface area is 217 Å². The third kappa shape index (κ3) is 4.83. The van der Waals surface area contributed by atoms with Gasteiger partial charge in [0, 0.05) is 5.69 Å². The minimum atomic E-state index is -0.678. The van der Waals surface area contributed by atoms with E-state index in [0.29, 0.717) is 37.8 Å². The van der Waals surface area contributed by atoms with E-state index in [-0.39, 0.29) is 11.5 Å². The molecule has 1 aliphatic heterocycles. The van der Waals surface area contributed by atoms with Crippen LogP contribution in [0.15, 0.2) is 99.9 Å². The van der Waals surface area contributed by atoms with Crippen molar-refractivity contribution in [2.45, 2.75) is 13.0 Å². The number of benzene rings is 3. The van der Waals surface area contributed by atoms with Crippen LogP contribution in [0.25, 0.3) is 6.08 Å². The predicted molar refractivity (Wildman–Crippen MR) is 145 cm³/mol. The summed E-state index contributed by atoms with van der Waals surface area (Å²) < 4.78 is 12.9. The first kappa shape index (κ1) is 24.3. The molecule has 0 saturated carbocycles. The highest BCUT2D eigenvalue weighted by molar-refractivity contribution is 7.07. The number of para-hydroxylation sites is 1. The lowest BCUT2D eigenvalue weighted by Crippen LogP contribution is -2.40. The lowest BCUT2D eigenvalue weighted by molar-refractivity contribution is -0.113. The van der Waals surface area contributed by atoms with Crippen molar-refractivity contribution in [3.63, 3.8) is 0 Å². The van der Waals surface area contributed by atoms with E-state index in [4.69, 9.17) is 9.47 Å². The summed E-state index contributed by atoms with van der Waals surface area (Å²) in [5, 5.41) is 2.96. The number of aromatic nitrogens is 1. The molecule has 0 radical (unpaired) electrons. The summed E-state index contributed by atoms with van der Waals surface area (Å²) in [5.74, 6) is 1.02. The number of allylic oxidation sites excluding steroid dienone is 1.